The fraction of sp³-hybridized carbons (Fsp3) is 0.273. The topological polar surface area (TPSA) is 84.3 Å². The molecule has 32 heavy (non-hydrogen) atoms. The number of hydrogen-bond acceptors (Lipinski definition) is 4. The molecule has 0 saturated carbocycles. The molecule has 0 aliphatic carbocycles. The summed E-state index contributed by atoms with van der Waals surface area (Å²) in [6.45, 7) is 2.76. The molecule has 1 heterocycles. The van der Waals surface area contributed by atoms with E-state index in [9.17, 15) is 27.6 Å². The van der Waals surface area contributed by atoms with Gasteiger partial charge < -0.3 is 10.2 Å². The number of carbonyl (C=O) groups excluding carboxylic acids is 2. The highest BCUT2D eigenvalue weighted by Crippen LogP contribution is 2.34. The van der Waals surface area contributed by atoms with E-state index in [1.165, 1.54) is 18.5 Å². The number of para-hydroxylation sites is 2. The SMILES string of the molecule is CCN(CC(=O)Nc1ccccc1C(F)(F)F)C(=O)Cn1cnc2c(C)cccc2c1=O. The zero-order valence-corrected chi connectivity index (χ0v) is 17.4. The van der Waals surface area contributed by atoms with Gasteiger partial charge in [0, 0.05) is 6.54 Å². The van der Waals surface area contributed by atoms with E-state index < -0.39 is 35.7 Å². The maximum atomic E-state index is 13.1. The van der Waals surface area contributed by atoms with Gasteiger partial charge in [0.25, 0.3) is 5.56 Å². The second-order valence-corrected chi connectivity index (χ2v) is 7.15. The van der Waals surface area contributed by atoms with Crippen LogP contribution in [0.15, 0.2) is 53.6 Å². The van der Waals surface area contributed by atoms with Gasteiger partial charge in [-0.3, -0.25) is 19.0 Å². The first-order valence-corrected chi connectivity index (χ1v) is 9.80. The predicted molar refractivity (Wildman–Crippen MR) is 113 cm³/mol. The van der Waals surface area contributed by atoms with Crippen LogP contribution in [0.1, 0.15) is 18.1 Å². The highest BCUT2D eigenvalue weighted by atomic mass is 19.4. The number of aromatic nitrogens is 2. The lowest BCUT2D eigenvalue weighted by molar-refractivity contribution is -0.137. The number of nitrogens with one attached hydrogen (secondary N) is 1. The minimum Gasteiger partial charge on any atom is -0.332 e. The third kappa shape index (κ3) is 4.96. The van der Waals surface area contributed by atoms with Crippen molar-refractivity contribution in [2.75, 3.05) is 18.4 Å². The quantitative estimate of drug-likeness (QED) is 0.630. The summed E-state index contributed by atoms with van der Waals surface area (Å²) in [7, 11) is 0. The van der Waals surface area contributed by atoms with Gasteiger partial charge in [-0.25, -0.2) is 4.98 Å². The van der Waals surface area contributed by atoms with Gasteiger partial charge in [-0.15, -0.1) is 0 Å². The third-order valence-corrected chi connectivity index (χ3v) is 4.94. The van der Waals surface area contributed by atoms with Crippen molar-refractivity contribution in [1.29, 1.82) is 0 Å². The van der Waals surface area contributed by atoms with Crippen molar-refractivity contribution in [2.24, 2.45) is 0 Å². The summed E-state index contributed by atoms with van der Waals surface area (Å²) in [6, 6.07) is 9.74. The van der Waals surface area contributed by atoms with Crippen LogP contribution < -0.4 is 10.9 Å². The van der Waals surface area contributed by atoms with Gasteiger partial charge in [0.15, 0.2) is 0 Å². The molecule has 0 bridgehead atoms. The Morgan fingerprint density at radius 1 is 1.12 bits per heavy atom. The fourth-order valence-electron chi connectivity index (χ4n) is 3.27. The number of rotatable bonds is 6. The number of halogens is 3. The van der Waals surface area contributed by atoms with Gasteiger partial charge in [-0.1, -0.05) is 24.3 Å². The molecule has 0 fully saturated rings. The maximum Gasteiger partial charge on any atom is 0.418 e. The third-order valence-electron chi connectivity index (χ3n) is 4.94. The number of nitrogens with zero attached hydrogens (tertiary/aromatic N) is 3. The van der Waals surface area contributed by atoms with E-state index in [2.05, 4.69) is 10.3 Å². The summed E-state index contributed by atoms with van der Waals surface area (Å²) in [6.07, 6.45) is -3.37. The highest BCUT2D eigenvalue weighted by molar-refractivity contribution is 5.95. The van der Waals surface area contributed by atoms with Crippen molar-refractivity contribution in [3.63, 3.8) is 0 Å². The Bertz CT molecular complexity index is 1220. The van der Waals surface area contributed by atoms with Gasteiger partial charge in [0.2, 0.25) is 11.8 Å². The average Bonchev–Trinajstić information content (AvgIpc) is 2.74. The van der Waals surface area contributed by atoms with Crippen LogP contribution in [0.25, 0.3) is 10.9 Å². The van der Waals surface area contributed by atoms with Crippen molar-refractivity contribution in [3.05, 3.63) is 70.3 Å². The van der Waals surface area contributed by atoms with Crippen LogP contribution in [0.2, 0.25) is 0 Å². The first-order valence-electron chi connectivity index (χ1n) is 9.80. The van der Waals surface area contributed by atoms with Gasteiger partial charge in [0.05, 0.1) is 35.0 Å². The largest absolute Gasteiger partial charge is 0.418 e. The van der Waals surface area contributed by atoms with E-state index in [0.29, 0.717) is 10.9 Å². The van der Waals surface area contributed by atoms with Crippen molar-refractivity contribution in [3.8, 4) is 0 Å². The van der Waals surface area contributed by atoms with Gasteiger partial charge in [-0.2, -0.15) is 13.2 Å². The summed E-state index contributed by atoms with van der Waals surface area (Å²) >= 11 is 0. The molecule has 1 aromatic heterocycles. The molecule has 3 aromatic rings. The predicted octanol–water partition coefficient (Wildman–Crippen LogP) is 3.21. The molecular formula is C22H21F3N4O3. The van der Waals surface area contributed by atoms with E-state index in [-0.39, 0.29) is 18.8 Å². The Labute approximate surface area is 181 Å². The van der Waals surface area contributed by atoms with Crippen LogP contribution in [0.3, 0.4) is 0 Å². The van der Waals surface area contributed by atoms with Crippen LogP contribution in [0.5, 0.6) is 0 Å². The lowest BCUT2D eigenvalue weighted by atomic mass is 10.1. The highest BCUT2D eigenvalue weighted by Gasteiger charge is 2.33. The lowest BCUT2D eigenvalue weighted by Gasteiger charge is -2.21. The molecule has 168 valence electrons. The molecule has 0 aliphatic rings. The standard InChI is InChI=1S/C22H21F3N4O3/c1-3-28(11-18(30)27-17-10-5-4-9-16(17)22(23,24)25)19(31)12-29-13-26-20-14(2)7-6-8-15(20)21(29)32/h4-10,13H,3,11-12H2,1-2H3,(H,27,30). The van der Waals surface area contributed by atoms with Crippen LogP contribution in [0.4, 0.5) is 18.9 Å². The van der Waals surface area contributed by atoms with E-state index in [4.69, 9.17) is 0 Å². The second-order valence-electron chi connectivity index (χ2n) is 7.15. The zero-order valence-electron chi connectivity index (χ0n) is 17.4. The first kappa shape index (κ1) is 23.0. The van der Waals surface area contributed by atoms with Crippen molar-refractivity contribution in [1.82, 2.24) is 14.5 Å². The van der Waals surface area contributed by atoms with Crippen LogP contribution in [0, 0.1) is 6.92 Å². The number of anilines is 1. The number of alkyl halides is 3. The number of likely N-dealkylation sites (N-methyl/N-ethyl adjacent to an activating group) is 1. The van der Waals surface area contributed by atoms with Crippen molar-refractivity contribution >= 4 is 28.4 Å². The molecule has 0 radical (unpaired) electrons. The lowest BCUT2D eigenvalue weighted by Crippen LogP contribution is -2.41. The Kier molecular flexibility index (Phi) is 6.61. The Balaban J connectivity index is 1.74. The molecule has 0 spiro atoms. The second kappa shape index (κ2) is 9.21. The van der Waals surface area contributed by atoms with E-state index in [1.54, 1.807) is 19.1 Å². The number of fused-ring (bicyclic) bond motifs is 1. The van der Waals surface area contributed by atoms with Crippen LogP contribution >= 0.6 is 0 Å². The van der Waals surface area contributed by atoms with E-state index in [0.717, 1.165) is 27.2 Å². The molecule has 10 heteroatoms. The van der Waals surface area contributed by atoms with E-state index in [1.807, 2.05) is 13.0 Å². The Morgan fingerprint density at radius 3 is 2.53 bits per heavy atom. The molecule has 0 saturated heterocycles. The van der Waals surface area contributed by atoms with Crippen molar-refractivity contribution < 1.29 is 22.8 Å². The number of carbonyl (C=O) groups is 2. The molecule has 7 nitrogen and oxygen atoms in total. The minimum atomic E-state index is -4.63. The molecule has 1 N–H and O–H groups in total. The minimum absolute atomic E-state index is 0.127. The summed E-state index contributed by atoms with van der Waals surface area (Å²) in [5.74, 6) is -1.32. The molecule has 0 unspecified atom stereocenters. The van der Waals surface area contributed by atoms with Crippen LogP contribution in [-0.4, -0.2) is 39.4 Å². The van der Waals surface area contributed by atoms with Crippen molar-refractivity contribution in [2.45, 2.75) is 26.6 Å². The average molecular weight is 446 g/mol. The summed E-state index contributed by atoms with van der Waals surface area (Å²) in [5, 5.41) is 2.57. The summed E-state index contributed by atoms with van der Waals surface area (Å²) in [5.41, 5.74) is -0.405. The number of hydrogen-bond donors (Lipinski definition) is 1. The molecule has 0 aliphatic heterocycles. The molecule has 2 amide bonds. The normalized spacial score (nSPS) is 11.4. The Hall–Kier alpha value is -3.69. The van der Waals surface area contributed by atoms with Crippen LogP contribution in [-0.2, 0) is 22.3 Å². The summed E-state index contributed by atoms with van der Waals surface area (Å²) in [4.78, 5) is 43.1. The molecule has 0 atom stereocenters. The first-order chi connectivity index (χ1) is 15.1. The molecule has 2 aromatic carbocycles. The van der Waals surface area contributed by atoms with Gasteiger partial charge in [0.1, 0.15) is 6.54 Å². The molecular weight excluding hydrogens is 425 g/mol. The van der Waals surface area contributed by atoms with E-state index >= 15 is 0 Å². The maximum absolute atomic E-state index is 13.1. The number of benzene rings is 2. The smallest absolute Gasteiger partial charge is 0.332 e. The number of aryl methyl sites for hydroxylation is 1. The molecule has 3 rings (SSSR count). The number of amides is 2. The summed E-state index contributed by atoms with van der Waals surface area (Å²) < 4.78 is 40.5. The van der Waals surface area contributed by atoms with Gasteiger partial charge in [-0.05, 0) is 37.6 Å². The monoisotopic (exact) mass is 446 g/mol. The Morgan fingerprint density at radius 2 is 1.84 bits per heavy atom. The van der Waals surface area contributed by atoms with Gasteiger partial charge >= 0.3 is 6.18 Å². The fourth-order valence-corrected chi connectivity index (χ4v) is 3.27. The zero-order chi connectivity index (χ0) is 23.5.